The van der Waals surface area contributed by atoms with Crippen LogP contribution in [0.2, 0.25) is 0 Å². The van der Waals surface area contributed by atoms with Crippen molar-refractivity contribution in [1.29, 1.82) is 0 Å². The molecule has 0 amide bonds. The first-order valence-electron chi connectivity index (χ1n) is 6.65. The van der Waals surface area contributed by atoms with Crippen LogP contribution in [0.15, 0.2) is 24.3 Å². The second-order valence-corrected chi connectivity index (χ2v) is 4.63. The molecule has 5 heteroatoms. The van der Waals surface area contributed by atoms with E-state index in [1.807, 2.05) is 0 Å². The summed E-state index contributed by atoms with van der Waals surface area (Å²) in [5.74, 6) is -0.364. The molecule has 0 atom stereocenters. The number of benzene rings is 1. The number of aliphatic hydroxyl groups is 1. The Morgan fingerprint density at radius 1 is 1.15 bits per heavy atom. The fraction of sp³-hybridized carbons (Fsp3) is 0.467. The van der Waals surface area contributed by atoms with E-state index < -0.39 is 5.97 Å². The predicted octanol–water partition coefficient (Wildman–Crippen LogP) is 2.32. The quantitative estimate of drug-likeness (QED) is 0.471. The van der Waals surface area contributed by atoms with E-state index in [9.17, 15) is 9.59 Å². The minimum Gasteiger partial charge on any atom is -0.459 e. The highest BCUT2D eigenvalue weighted by molar-refractivity contribution is 5.89. The maximum Gasteiger partial charge on any atom is 0.338 e. The lowest BCUT2D eigenvalue weighted by Gasteiger charge is -2.08. The van der Waals surface area contributed by atoms with Gasteiger partial charge in [-0.3, -0.25) is 4.79 Å². The lowest BCUT2D eigenvalue weighted by atomic mass is 10.2. The van der Waals surface area contributed by atoms with Crippen LogP contribution in [-0.2, 0) is 9.53 Å². The lowest BCUT2D eigenvalue weighted by Crippen LogP contribution is -2.12. The van der Waals surface area contributed by atoms with Crippen LogP contribution in [-0.4, -0.2) is 29.8 Å². The monoisotopic (exact) mass is 280 g/mol. The Hall–Kier alpha value is -1.88. The number of carbonyl (C=O) groups is 2. The van der Waals surface area contributed by atoms with Gasteiger partial charge in [-0.2, -0.15) is 0 Å². The summed E-state index contributed by atoms with van der Waals surface area (Å²) in [4.78, 5) is 23.1. The number of carbonyl (C=O) groups excluding carboxylic acids is 2. The van der Waals surface area contributed by atoms with Crippen molar-refractivity contribution in [3.8, 4) is 5.75 Å². The molecule has 1 aromatic rings. The molecule has 0 aliphatic heterocycles. The van der Waals surface area contributed by atoms with Crippen LogP contribution >= 0.6 is 0 Å². The molecule has 1 N–H and O–H groups in total. The largest absolute Gasteiger partial charge is 0.459 e. The normalized spacial score (nSPS) is 10.4. The standard InChI is InChI=1S/C15H20O5/c1-11(2)19-15(18)12-6-8-13(9-7-12)20-14(17)5-3-4-10-16/h6-9,11,16H,3-5,10H2,1-2H3. The zero-order valence-corrected chi connectivity index (χ0v) is 11.8. The highest BCUT2D eigenvalue weighted by atomic mass is 16.5. The fourth-order valence-corrected chi connectivity index (χ4v) is 1.50. The average molecular weight is 280 g/mol. The molecule has 0 heterocycles. The van der Waals surface area contributed by atoms with Crippen LogP contribution < -0.4 is 4.74 Å². The second-order valence-electron chi connectivity index (χ2n) is 4.63. The van der Waals surface area contributed by atoms with Gasteiger partial charge in [0.15, 0.2) is 0 Å². The van der Waals surface area contributed by atoms with Crippen LogP contribution in [0.1, 0.15) is 43.5 Å². The van der Waals surface area contributed by atoms with Crippen molar-refractivity contribution in [2.75, 3.05) is 6.61 Å². The molecule has 0 fully saturated rings. The fourth-order valence-electron chi connectivity index (χ4n) is 1.50. The molecule has 0 aliphatic carbocycles. The van der Waals surface area contributed by atoms with E-state index in [0.29, 0.717) is 24.2 Å². The first-order chi connectivity index (χ1) is 9.52. The molecule has 110 valence electrons. The van der Waals surface area contributed by atoms with Crippen molar-refractivity contribution < 1.29 is 24.2 Å². The molecule has 20 heavy (non-hydrogen) atoms. The molecule has 0 radical (unpaired) electrons. The summed E-state index contributed by atoms with van der Waals surface area (Å²) in [5, 5.41) is 8.62. The lowest BCUT2D eigenvalue weighted by molar-refractivity contribution is -0.134. The summed E-state index contributed by atoms with van der Waals surface area (Å²) < 4.78 is 10.2. The minimum atomic E-state index is -0.402. The van der Waals surface area contributed by atoms with E-state index in [2.05, 4.69) is 0 Å². The Balaban J connectivity index is 2.50. The van der Waals surface area contributed by atoms with Gasteiger partial charge in [0, 0.05) is 13.0 Å². The van der Waals surface area contributed by atoms with Crippen molar-refractivity contribution in [2.45, 2.75) is 39.2 Å². The Bertz CT molecular complexity index is 436. The van der Waals surface area contributed by atoms with Gasteiger partial charge in [0.1, 0.15) is 5.75 Å². The number of ether oxygens (including phenoxy) is 2. The third kappa shape index (κ3) is 5.84. The maximum atomic E-state index is 11.6. The van der Waals surface area contributed by atoms with Gasteiger partial charge < -0.3 is 14.6 Å². The van der Waals surface area contributed by atoms with Gasteiger partial charge in [-0.1, -0.05) is 0 Å². The average Bonchev–Trinajstić information content (AvgIpc) is 2.39. The van der Waals surface area contributed by atoms with Crippen LogP contribution in [0.5, 0.6) is 5.75 Å². The number of aliphatic hydroxyl groups excluding tert-OH is 1. The maximum absolute atomic E-state index is 11.6. The molecule has 0 bridgehead atoms. The number of rotatable bonds is 7. The highest BCUT2D eigenvalue weighted by Crippen LogP contribution is 2.14. The summed E-state index contributed by atoms with van der Waals surface area (Å²) >= 11 is 0. The van der Waals surface area contributed by atoms with Gasteiger partial charge in [0.2, 0.25) is 0 Å². The Labute approximate surface area is 118 Å². The first kappa shape index (κ1) is 16.2. The number of unbranched alkanes of at least 4 members (excludes halogenated alkanes) is 1. The van der Waals surface area contributed by atoms with Crippen molar-refractivity contribution in [3.63, 3.8) is 0 Å². The second kappa shape index (κ2) is 8.32. The van der Waals surface area contributed by atoms with Gasteiger partial charge in [0.05, 0.1) is 11.7 Å². The Morgan fingerprint density at radius 3 is 2.35 bits per heavy atom. The van der Waals surface area contributed by atoms with E-state index in [-0.39, 0.29) is 25.1 Å². The molecule has 0 spiro atoms. The smallest absolute Gasteiger partial charge is 0.338 e. The highest BCUT2D eigenvalue weighted by Gasteiger charge is 2.10. The molecule has 0 aromatic heterocycles. The molecule has 0 saturated carbocycles. The number of hydrogen-bond donors (Lipinski definition) is 1. The molecular formula is C15H20O5. The summed E-state index contributed by atoms with van der Waals surface area (Å²) in [6, 6.07) is 6.23. The number of esters is 2. The summed E-state index contributed by atoms with van der Waals surface area (Å²) in [6.45, 7) is 3.63. The zero-order chi connectivity index (χ0) is 15.0. The van der Waals surface area contributed by atoms with Crippen molar-refractivity contribution in [2.24, 2.45) is 0 Å². The van der Waals surface area contributed by atoms with Crippen molar-refractivity contribution in [3.05, 3.63) is 29.8 Å². The summed E-state index contributed by atoms with van der Waals surface area (Å²) in [7, 11) is 0. The van der Waals surface area contributed by atoms with E-state index in [1.165, 1.54) is 0 Å². The van der Waals surface area contributed by atoms with E-state index in [1.54, 1.807) is 38.1 Å². The van der Waals surface area contributed by atoms with E-state index in [4.69, 9.17) is 14.6 Å². The van der Waals surface area contributed by atoms with Gasteiger partial charge in [-0.05, 0) is 51.0 Å². The Morgan fingerprint density at radius 2 is 1.80 bits per heavy atom. The first-order valence-corrected chi connectivity index (χ1v) is 6.65. The Kier molecular flexibility index (Phi) is 6.73. The van der Waals surface area contributed by atoms with Crippen LogP contribution in [0.25, 0.3) is 0 Å². The van der Waals surface area contributed by atoms with Gasteiger partial charge in [-0.15, -0.1) is 0 Å². The molecule has 1 aromatic carbocycles. The molecule has 0 saturated heterocycles. The van der Waals surface area contributed by atoms with E-state index >= 15 is 0 Å². The summed E-state index contributed by atoms with van der Waals surface area (Å²) in [5.41, 5.74) is 0.416. The zero-order valence-electron chi connectivity index (χ0n) is 11.8. The van der Waals surface area contributed by atoms with Gasteiger partial charge in [0.25, 0.3) is 0 Å². The van der Waals surface area contributed by atoms with Crippen molar-refractivity contribution >= 4 is 11.9 Å². The minimum absolute atomic E-state index is 0.0694. The molecule has 0 aliphatic rings. The molecule has 5 nitrogen and oxygen atoms in total. The third-order valence-electron chi connectivity index (χ3n) is 2.45. The van der Waals surface area contributed by atoms with Gasteiger partial charge in [-0.25, -0.2) is 4.79 Å². The van der Waals surface area contributed by atoms with Crippen LogP contribution in [0, 0.1) is 0 Å². The van der Waals surface area contributed by atoms with E-state index in [0.717, 1.165) is 0 Å². The molecular weight excluding hydrogens is 260 g/mol. The molecule has 0 unspecified atom stereocenters. The van der Waals surface area contributed by atoms with Crippen molar-refractivity contribution in [1.82, 2.24) is 0 Å². The number of hydrogen-bond acceptors (Lipinski definition) is 5. The van der Waals surface area contributed by atoms with Crippen LogP contribution in [0.3, 0.4) is 0 Å². The topological polar surface area (TPSA) is 72.8 Å². The SMILES string of the molecule is CC(C)OC(=O)c1ccc(OC(=O)CCCCO)cc1. The predicted molar refractivity (Wildman–Crippen MR) is 73.6 cm³/mol. The third-order valence-corrected chi connectivity index (χ3v) is 2.45. The summed E-state index contributed by atoms with van der Waals surface area (Å²) in [6.07, 6.45) is 1.26. The van der Waals surface area contributed by atoms with Gasteiger partial charge >= 0.3 is 11.9 Å². The van der Waals surface area contributed by atoms with Crippen LogP contribution in [0.4, 0.5) is 0 Å². The molecule has 1 rings (SSSR count).